The summed E-state index contributed by atoms with van der Waals surface area (Å²) in [5.41, 5.74) is 2.35. The number of hydrogen-bond donors (Lipinski definition) is 1. The van der Waals surface area contributed by atoms with Crippen LogP contribution in [0.25, 0.3) is 10.9 Å². The number of pyridine rings is 1. The van der Waals surface area contributed by atoms with Crippen LogP contribution in [0.1, 0.15) is 0 Å². The van der Waals surface area contributed by atoms with Crippen LogP contribution in [-0.4, -0.2) is 49.2 Å². The van der Waals surface area contributed by atoms with Gasteiger partial charge in [0, 0.05) is 54.8 Å². The maximum atomic E-state index is 4.69. The van der Waals surface area contributed by atoms with E-state index in [-0.39, 0.29) is 24.8 Å². The molecule has 7 heteroatoms. The molecule has 1 fully saturated rings. The molecule has 4 nitrogen and oxygen atoms in total. The fourth-order valence-corrected chi connectivity index (χ4v) is 3.78. The monoisotopic (exact) mass is 482 g/mol. The molecule has 150 valence electrons. The molecule has 28 heavy (non-hydrogen) atoms. The lowest BCUT2D eigenvalue weighted by atomic mass is 10.2. The van der Waals surface area contributed by atoms with Crippen LogP contribution in [0.3, 0.4) is 0 Å². The van der Waals surface area contributed by atoms with E-state index in [1.54, 1.807) is 0 Å². The van der Waals surface area contributed by atoms with E-state index in [4.69, 9.17) is 4.98 Å². The maximum Gasteiger partial charge on any atom is 0.126 e. The Morgan fingerprint density at radius 3 is 2.39 bits per heavy atom. The van der Waals surface area contributed by atoms with E-state index in [0.717, 1.165) is 60.5 Å². The van der Waals surface area contributed by atoms with E-state index in [0.29, 0.717) is 0 Å². The molecule has 0 aliphatic carbocycles. The van der Waals surface area contributed by atoms with E-state index in [1.165, 1.54) is 5.69 Å². The third kappa shape index (κ3) is 5.74. The quantitative estimate of drug-likeness (QED) is 0.548. The Kier molecular flexibility index (Phi) is 8.83. The van der Waals surface area contributed by atoms with E-state index >= 15 is 0 Å². The van der Waals surface area contributed by atoms with Gasteiger partial charge in [-0.25, -0.2) is 4.98 Å². The molecule has 1 aromatic heterocycles. The molecule has 0 bridgehead atoms. The van der Waals surface area contributed by atoms with Gasteiger partial charge in [-0.1, -0.05) is 34.1 Å². The summed E-state index contributed by atoms with van der Waals surface area (Å²) >= 11 is 3.50. The van der Waals surface area contributed by atoms with Gasteiger partial charge in [0.2, 0.25) is 0 Å². The Balaban J connectivity index is 0.00000140. The second kappa shape index (κ2) is 10.9. The molecule has 0 amide bonds. The highest BCUT2D eigenvalue weighted by atomic mass is 79.9. The van der Waals surface area contributed by atoms with Crippen molar-refractivity contribution >= 4 is 63.2 Å². The van der Waals surface area contributed by atoms with Gasteiger partial charge < -0.3 is 10.2 Å². The molecule has 3 aromatic rings. The standard InChI is InChI=1S/C21H23BrN4.2ClH/c22-18-7-8-20-17(16-18)6-9-21(24-20)23-10-11-25-12-14-26(15-13-25)19-4-2-1-3-5-19;;/h1-9,16H,10-15H2,(H,23,24);2*1H. The molecule has 1 aliphatic rings. The van der Waals surface area contributed by atoms with Crippen LogP contribution in [-0.2, 0) is 0 Å². The molecule has 1 aliphatic heterocycles. The zero-order valence-corrected chi connectivity index (χ0v) is 18.8. The Bertz CT molecular complexity index is 871. The van der Waals surface area contributed by atoms with Crippen molar-refractivity contribution in [1.82, 2.24) is 9.88 Å². The summed E-state index contributed by atoms with van der Waals surface area (Å²) in [6, 6.07) is 21.0. The van der Waals surface area contributed by atoms with Crippen LogP contribution in [0, 0.1) is 0 Å². The van der Waals surface area contributed by atoms with Crippen LogP contribution in [0.4, 0.5) is 11.5 Å². The Morgan fingerprint density at radius 1 is 0.893 bits per heavy atom. The number of anilines is 2. The number of aromatic nitrogens is 1. The van der Waals surface area contributed by atoms with Gasteiger partial charge in [-0.2, -0.15) is 0 Å². The van der Waals surface area contributed by atoms with E-state index < -0.39 is 0 Å². The number of para-hydroxylation sites is 1. The first kappa shape index (κ1) is 22.8. The second-order valence-corrected chi connectivity index (χ2v) is 7.54. The highest BCUT2D eigenvalue weighted by molar-refractivity contribution is 9.10. The van der Waals surface area contributed by atoms with Crippen molar-refractivity contribution in [2.45, 2.75) is 0 Å². The number of halogens is 3. The summed E-state index contributed by atoms with van der Waals surface area (Å²) in [6.45, 7) is 6.36. The smallest absolute Gasteiger partial charge is 0.126 e. The third-order valence-corrected chi connectivity index (χ3v) is 5.37. The lowest BCUT2D eigenvalue weighted by Gasteiger charge is -2.36. The number of nitrogens with one attached hydrogen (secondary N) is 1. The van der Waals surface area contributed by atoms with Crippen molar-refractivity contribution in [2.75, 3.05) is 49.5 Å². The average Bonchev–Trinajstić information content (AvgIpc) is 2.69. The number of rotatable bonds is 5. The van der Waals surface area contributed by atoms with Crippen molar-refractivity contribution in [3.05, 3.63) is 65.1 Å². The lowest BCUT2D eigenvalue weighted by molar-refractivity contribution is 0.267. The van der Waals surface area contributed by atoms with Gasteiger partial charge in [0.1, 0.15) is 5.82 Å². The van der Waals surface area contributed by atoms with Crippen molar-refractivity contribution < 1.29 is 0 Å². The van der Waals surface area contributed by atoms with Gasteiger partial charge in [0.15, 0.2) is 0 Å². The van der Waals surface area contributed by atoms with E-state index in [9.17, 15) is 0 Å². The molecule has 0 radical (unpaired) electrons. The lowest BCUT2D eigenvalue weighted by Crippen LogP contribution is -2.47. The number of hydrogen-bond acceptors (Lipinski definition) is 4. The van der Waals surface area contributed by atoms with Gasteiger partial charge in [0.25, 0.3) is 0 Å². The van der Waals surface area contributed by atoms with Gasteiger partial charge in [-0.05, 0) is 42.5 Å². The summed E-state index contributed by atoms with van der Waals surface area (Å²) in [4.78, 5) is 9.68. The third-order valence-electron chi connectivity index (χ3n) is 4.88. The van der Waals surface area contributed by atoms with Crippen LogP contribution in [0.15, 0.2) is 65.1 Å². The normalized spacial score (nSPS) is 14.2. The Labute approximate surface area is 187 Å². The minimum atomic E-state index is 0. The van der Waals surface area contributed by atoms with Gasteiger partial charge >= 0.3 is 0 Å². The molecule has 1 saturated heterocycles. The summed E-state index contributed by atoms with van der Waals surface area (Å²) < 4.78 is 1.09. The minimum absolute atomic E-state index is 0. The molecule has 0 unspecified atom stereocenters. The largest absolute Gasteiger partial charge is 0.369 e. The fraction of sp³-hybridized carbons (Fsp3) is 0.286. The van der Waals surface area contributed by atoms with Crippen molar-refractivity contribution in [1.29, 1.82) is 0 Å². The molecule has 0 saturated carbocycles. The summed E-state index contributed by atoms with van der Waals surface area (Å²) in [5.74, 6) is 0.947. The molecule has 0 spiro atoms. The number of piperazine rings is 1. The van der Waals surface area contributed by atoms with E-state index in [2.05, 4.69) is 79.6 Å². The molecule has 2 aromatic carbocycles. The molecule has 4 rings (SSSR count). The molecule has 1 N–H and O–H groups in total. The molecule has 0 atom stereocenters. The summed E-state index contributed by atoms with van der Waals surface area (Å²) in [5, 5.41) is 4.62. The molecular weight excluding hydrogens is 459 g/mol. The van der Waals surface area contributed by atoms with Crippen molar-refractivity contribution in [3.63, 3.8) is 0 Å². The van der Waals surface area contributed by atoms with Crippen molar-refractivity contribution in [2.24, 2.45) is 0 Å². The number of fused-ring (bicyclic) bond motifs is 1. The minimum Gasteiger partial charge on any atom is -0.369 e. The molecule has 2 heterocycles. The predicted octanol–water partition coefficient (Wildman–Crippen LogP) is 5.08. The molecular formula is C21H25BrCl2N4. The predicted molar refractivity (Wildman–Crippen MR) is 128 cm³/mol. The van der Waals surface area contributed by atoms with E-state index in [1.807, 2.05) is 12.1 Å². The summed E-state index contributed by atoms with van der Waals surface area (Å²) in [7, 11) is 0. The first-order chi connectivity index (χ1) is 12.8. The Morgan fingerprint density at radius 2 is 1.64 bits per heavy atom. The van der Waals surface area contributed by atoms with Crippen molar-refractivity contribution in [3.8, 4) is 0 Å². The maximum absolute atomic E-state index is 4.69. The van der Waals surface area contributed by atoms with Crippen LogP contribution in [0.5, 0.6) is 0 Å². The first-order valence-electron chi connectivity index (χ1n) is 9.10. The van der Waals surface area contributed by atoms with Crippen LogP contribution in [0.2, 0.25) is 0 Å². The van der Waals surface area contributed by atoms with Gasteiger partial charge in [0.05, 0.1) is 5.52 Å². The first-order valence-corrected chi connectivity index (χ1v) is 9.90. The SMILES string of the molecule is Brc1ccc2nc(NCCN3CCN(c4ccccc4)CC3)ccc2c1.Cl.Cl. The van der Waals surface area contributed by atoms with Gasteiger partial charge in [-0.15, -0.1) is 24.8 Å². The topological polar surface area (TPSA) is 31.4 Å². The fourth-order valence-electron chi connectivity index (χ4n) is 3.41. The van der Waals surface area contributed by atoms with Gasteiger partial charge in [-0.3, -0.25) is 4.90 Å². The zero-order chi connectivity index (χ0) is 17.8. The second-order valence-electron chi connectivity index (χ2n) is 6.62. The number of nitrogens with zero attached hydrogens (tertiary/aromatic N) is 3. The Hall–Kier alpha value is -1.53. The average molecular weight is 484 g/mol. The van der Waals surface area contributed by atoms with Crippen LogP contribution >= 0.6 is 40.7 Å². The summed E-state index contributed by atoms with van der Waals surface area (Å²) in [6.07, 6.45) is 0. The number of benzene rings is 2. The van der Waals surface area contributed by atoms with Crippen LogP contribution < -0.4 is 10.2 Å². The zero-order valence-electron chi connectivity index (χ0n) is 15.6. The highest BCUT2D eigenvalue weighted by Gasteiger charge is 2.16. The highest BCUT2D eigenvalue weighted by Crippen LogP contribution is 2.20.